The third kappa shape index (κ3) is 3.71. The molecule has 0 spiro atoms. The molecule has 1 N–H and O–H groups in total. The van der Waals surface area contributed by atoms with Crippen molar-refractivity contribution in [2.24, 2.45) is 0 Å². The number of carbonyl (C=O) groups is 1. The van der Waals surface area contributed by atoms with Crippen LogP contribution in [0.15, 0.2) is 36.4 Å². The molecular formula is C16H16O3S. The van der Waals surface area contributed by atoms with Crippen LogP contribution in [0.5, 0.6) is 5.75 Å². The van der Waals surface area contributed by atoms with Crippen LogP contribution >= 0.6 is 11.3 Å². The summed E-state index contributed by atoms with van der Waals surface area (Å²) in [5, 5.41) is 8.58. The molecular weight excluding hydrogens is 272 g/mol. The molecule has 0 aliphatic rings. The summed E-state index contributed by atoms with van der Waals surface area (Å²) in [4.78, 5) is 12.4. The molecule has 0 unspecified atom stereocenters. The van der Waals surface area contributed by atoms with Crippen LogP contribution in [0.25, 0.3) is 6.08 Å². The summed E-state index contributed by atoms with van der Waals surface area (Å²) in [6.07, 6.45) is 2.73. The fourth-order valence-electron chi connectivity index (χ4n) is 1.74. The first-order chi connectivity index (χ1) is 9.56. The summed E-state index contributed by atoms with van der Waals surface area (Å²) in [6, 6.07) is 9.85. The minimum Gasteiger partial charge on any atom is -0.488 e. The van der Waals surface area contributed by atoms with Crippen molar-refractivity contribution >= 4 is 23.4 Å². The van der Waals surface area contributed by atoms with Crippen LogP contribution in [0.4, 0.5) is 0 Å². The van der Waals surface area contributed by atoms with Crippen molar-refractivity contribution < 1.29 is 14.6 Å². The molecule has 0 aliphatic heterocycles. The second-order valence-electron chi connectivity index (χ2n) is 4.46. The lowest BCUT2D eigenvalue weighted by atomic mass is 10.1. The molecule has 2 rings (SSSR count). The third-order valence-corrected chi connectivity index (χ3v) is 4.02. The topological polar surface area (TPSA) is 46.5 Å². The Morgan fingerprint density at radius 2 is 2.10 bits per heavy atom. The zero-order chi connectivity index (χ0) is 14.5. The number of carboxylic acids is 1. The van der Waals surface area contributed by atoms with Gasteiger partial charge < -0.3 is 9.84 Å². The number of aliphatic carboxylic acids is 1. The number of hydrogen-bond donors (Lipinski definition) is 1. The number of hydrogen-bond acceptors (Lipinski definition) is 3. The van der Waals surface area contributed by atoms with Crippen molar-refractivity contribution in [2.75, 3.05) is 0 Å². The molecule has 1 aromatic carbocycles. The molecule has 1 heterocycles. The highest BCUT2D eigenvalue weighted by atomic mass is 32.1. The molecule has 0 amide bonds. The average Bonchev–Trinajstić information content (AvgIpc) is 2.86. The highest BCUT2D eigenvalue weighted by molar-refractivity contribution is 7.12. The summed E-state index contributed by atoms with van der Waals surface area (Å²) in [6.45, 7) is 4.60. The Morgan fingerprint density at radius 3 is 2.85 bits per heavy atom. The van der Waals surface area contributed by atoms with Gasteiger partial charge in [-0.25, -0.2) is 4.79 Å². The van der Waals surface area contributed by atoms with Gasteiger partial charge in [-0.15, -0.1) is 11.3 Å². The van der Waals surface area contributed by atoms with Crippen molar-refractivity contribution in [1.82, 2.24) is 0 Å². The van der Waals surface area contributed by atoms with E-state index in [-0.39, 0.29) is 0 Å². The molecule has 2 aromatic rings. The van der Waals surface area contributed by atoms with Gasteiger partial charge in [0.25, 0.3) is 0 Å². The van der Waals surface area contributed by atoms with Gasteiger partial charge >= 0.3 is 5.97 Å². The quantitative estimate of drug-likeness (QED) is 0.845. The van der Waals surface area contributed by atoms with Crippen molar-refractivity contribution in [2.45, 2.75) is 20.5 Å². The Labute approximate surface area is 122 Å². The lowest BCUT2D eigenvalue weighted by Gasteiger charge is -2.09. The van der Waals surface area contributed by atoms with Crippen LogP contribution in [0.1, 0.15) is 20.9 Å². The van der Waals surface area contributed by atoms with Gasteiger partial charge in [-0.05, 0) is 49.2 Å². The van der Waals surface area contributed by atoms with Gasteiger partial charge in [0.15, 0.2) is 0 Å². The van der Waals surface area contributed by atoms with Crippen molar-refractivity contribution in [3.05, 3.63) is 57.3 Å². The van der Waals surface area contributed by atoms with Crippen LogP contribution in [0.2, 0.25) is 0 Å². The molecule has 0 bridgehead atoms. The highest BCUT2D eigenvalue weighted by Crippen LogP contribution is 2.24. The number of aryl methyl sites for hydroxylation is 1. The van der Waals surface area contributed by atoms with Gasteiger partial charge in [0.05, 0.1) is 0 Å². The van der Waals surface area contributed by atoms with Gasteiger partial charge in [0, 0.05) is 15.8 Å². The Balaban J connectivity index is 2.01. The number of benzene rings is 1. The summed E-state index contributed by atoms with van der Waals surface area (Å²) in [5.74, 6) is -0.0485. The van der Waals surface area contributed by atoms with Gasteiger partial charge in [0.2, 0.25) is 0 Å². The monoisotopic (exact) mass is 288 g/mol. The van der Waals surface area contributed by atoms with Crippen LogP contribution < -0.4 is 4.74 Å². The first-order valence-electron chi connectivity index (χ1n) is 6.25. The van der Waals surface area contributed by atoms with E-state index in [0.29, 0.717) is 6.61 Å². The van der Waals surface area contributed by atoms with E-state index in [1.807, 2.05) is 31.2 Å². The van der Waals surface area contributed by atoms with E-state index in [4.69, 9.17) is 9.84 Å². The standard InChI is InChI=1S/C16H16O3S/c1-11-4-3-5-15(12(11)2)19-10-14-7-6-13(20-14)8-9-16(17)18/h3-9H,10H2,1-2H3,(H,17,18). The largest absolute Gasteiger partial charge is 0.488 e. The fraction of sp³-hybridized carbons (Fsp3) is 0.188. The van der Waals surface area contributed by atoms with Crippen LogP contribution in [0.3, 0.4) is 0 Å². The van der Waals surface area contributed by atoms with Gasteiger partial charge in [-0.2, -0.15) is 0 Å². The van der Waals surface area contributed by atoms with Gasteiger partial charge in [0.1, 0.15) is 12.4 Å². The minimum atomic E-state index is -0.938. The Bertz CT molecular complexity index is 641. The van der Waals surface area contributed by atoms with Gasteiger partial charge in [-0.1, -0.05) is 12.1 Å². The zero-order valence-corrected chi connectivity index (χ0v) is 12.2. The first-order valence-corrected chi connectivity index (χ1v) is 7.06. The lowest BCUT2D eigenvalue weighted by molar-refractivity contribution is -0.131. The van der Waals surface area contributed by atoms with E-state index < -0.39 is 5.97 Å². The van der Waals surface area contributed by atoms with E-state index in [1.54, 1.807) is 6.08 Å². The summed E-state index contributed by atoms with van der Waals surface area (Å²) in [7, 11) is 0. The Kier molecular flexibility index (Phi) is 4.58. The number of ether oxygens (including phenoxy) is 1. The molecule has 0 aliphatic carbocycles. The first kappa shape index (κ1) is 14.3. The molecule has 0 saturated carbocycles. The molecule has 0 radical (unpaired) electrons. The molecule has 3 nitrogen and oxygen atoms in total. The molecule has 20 heavy (non-hydrogen) atoms. The average molecular weight is 288 g/mol. The predicted molar refractivity (Wildman–Crippen MR) is 81.2 cm³/mol. The second kappa shape index (κ2) is 6.39. The van der Waals surface area contributed by atoms with E-state index >= 15 is 0 Å². The molecule has 0 atom stereocenters. The number of rotatable bonds is 5. The van der Waals surface area contributed by atoms with Crippen molar-refractivity contribution in [3.8, 4) is 5.75 Å². The Morgan fingerprint density at radius 1 is 1.30 bits per heavy atom. The summed E-state index contributed by atoms with van der Waals surface area (Å²) < 4.78 is 5.81. The van der Waals surface area contributed by atoms with E-state index in [1.165, 1.54) is 16.9 Å². The van der Waals surface area contributed by atoms with Crippen LogP contribution in [0, 0.1) is 13.8 Å². The highest BCUT2D eigenvalue weighted by Gasteiger charge is 2.04. The van der Waals surface area contributed by atoms with E-state index in [9.17, 15) is 4.79 Å². The molecule has 0 fully saturated rings. The summed E-state index contributed by atoms with van der Waals surface area (Å²) in [5.41, 5.74) is 2.36. The van der Waals surface area contributed by atoms with E-state index in [0.717, 1.165) is 27.1 Å². The van der Waals surface area contributed by atoms with Crippen molar-refractivity contribution in [3.63, 3.8) is 0 Å². The second-order valence-corrected chi connectivity index (χ2v) is 5.66. The number of carboxylic acid groups (broad SMARTS) is 1. The third-order valence-electron chi connectivity index (χ3n) is 3.00. The maximum atomic E-state index is 10.5. The lowest BCUT2D eigenvalue weighted by Crippen LogP contribution is -1.95. The fourth-order valence-corrected chi connectivity index (χ4v) is 2.57. The molecule has 104 valence electrons. The molecule has 1 aromatic heterocycles. The number of thiophene rings is 1. The molecule has 0 saturated heterocycles. The smallest absolute Gasteiger partial charge is 0.328 e. The minimum absolute atomic E-state index is 0.496. The normalized spacial score (nSPS) is 10.9. The maximum absolute atomic E-state index is 10.5. The van der Waals surface area contributed by atoms with Gasteiger partial charge in [-0.3, -0.25) is 0 Å². The zero-order valence-electron chi connectivity index (χ0n) is 11.4. The van der Waals surface area contributed by atoms with Crippen molar-refractivity contribution in [1.29, 1.82) is 0 Å². The predicted octanol–water partition coefficient (Wildman–Crippen LogP) is 4.04. The van der Waals surface area contributed by atoms with E-state index in [2.05, 4.69) is 13.0 Å². The summed E-state index contributed by atoms with van der Waals surface area (Å²) >= 11 is 1.53. The van der Waals surface area contributed by atoms with Crippen LogP contribution in [-0.2, 0) is 11.4 Å². The van der Waals surface area contributed by atoms with Crippen LogP contribution in [-0.4, -0.2) is 11.1 Å². The molecule has 4 heteroatoms. The maximum Gasteiger partial charge on any atom is 0.328 e. The Hall–Kier alpha value is -2.07. The SMILES string of the molecule is Cc1cccc(OCc2ccc(C=CC(=O)O)s2)c1C.